The second-order valence-electron chi connectivity index (χ2n) is 12.6. The summed E-state index contributed by atoms with van der Waals surface area (Å²) in [6, 6.07) is 9.21. The van der Waals surface area contributed by atoms with Gasteiger partial charge in [-0.05, 0) is 79.3 Å². The van der Waals surface area contributed by atoms with E-state index in [9.17, 15) is 32.7 Å². The number of hydrogen-bond acceptors (Lipinski definition) is 5. The molecule has 1 aliphatic carbocycles. The molecule has 1 aliphatic rings. The molecule has 0 aliphatic heterocycles. The van der Waals surface area contributed by atoms with E-state index in [4.69, 9.17) is 9.84 Å². The van der Waals surface area contributed by atoms with Gasteiger partial charge >= 0.3 is 18.2 Å². The number of unbranched alkanes of at least 4 members (excludes halogenated alkanes) is 1. The molecule has 0 bridgehead atoms. The Labute approximate surface area is 262 Å². The molecule has 3 rings (SSSR count). The Morgan fingerprint density at radius 1 is 1.02 bits per heavy atom. The Hall–Kier alpha value is -3.80. The maximum atomic E-state index is 13.9. The van der Waals surface area contributed by atoms with Crippen LogP contribution in [-0.2, 0) is 17.5 Å². The molecule has 0 spiro atoms. The van der Waals surface area contributed by atoms with Gasteiger partial charge in [-0.25, -0.2) is 9.59 Å². The van der Waals surface area contributed by atoms with Crippen LogP contribution >= 0.6 is 0 Å². The topological polar surface area (TPSA) is 128 Å². The summed E-state index contributed by atoms with van der Waals surface area (Å²) in [6.07, 6.45) is -1.74. The Kier molecular flexibility index (Phi) is 12.3. The largest absolute Gasteiger partial charge is 0.493 e. The van der Waals surface area contributed by atoms with E-state index in [0.717, 1.165) is 38.2 Å². The first-order chi connectivity index (χ1) is 21.1. The highest BCUT2D eigenvalue weighted by Gasteiger charge is 2.36. The van der Waals surface area contributed by atoms with Gasteiger partial charge in [-0.3, -0.25) is 4.79 Å². The van der Waals surface area contributed by atoms with Crippen molar-refractivity contribution in [2.24, 2.45) is 11.3 Å². The first kappa shape index (κ1) is 35.7. The molecule has 1 saturated carbocycles. The smallest absolute Gasteiger partial charge is 0.420 e. The van der Waals surface area contributed by atoms with E-state index in [1.54, 1.807) is 17.0 Å². The van der Waals surface area contributed by atoms with Crippen molar-refractivity contribution in [3.8, 4) is 5.75 Å². The van der Waals surface area contributed by atoms with Crippen LogP contribution in [0.5, 0.6) is 5.75 Å². The number of ether oxygens (including phenoxy) is 1. The molecule has 2 aromatic carbocycles. The van der Waals surface area contributed by atoms with Crippen molar-refractivity contribution in [3.05, 3.63) is 59.2 Å². The monoisotopic (exact) mass is 635 g/mol. The van der Waals surface area contributed by atoms with Crippen LogP contribution in [0.1, 0.15) is 87.7 Å². The normalized spacial score (nSPS) is 17.7. The minimum Gasteiger partial charge on any atom is -0.493 e. The summed E-state index contributed by atoms with van der Waals surface area (Å²) in [7, 11) is 0. The van der Waals surface area contributed by atoms with Gasteiger partial charge in [0.15, 0.2) is 6.10 Å². The van der Waals surface area contributed by atoms with Gasteiger partial charge in [0.1, 0.15) is 5.75 Å². The summed E-state index contributed by atoms with van der Waals surface area (Å²) < 4.78 is 47.0. The molecule has 0 unspecified atom stereocenters. The average molecular weight is 636 g/mol. The molecule has 4 N–H and O–H groups in total. The van der Waals surface area contributed by atoms with Gasteiger partial charge in [0.25, 0.3) is 5.91 Å². The van der Waals surface area contributed by atoms with Crippen LogP contribution in [0.25, 0.3) is 0 Å². The van der Waals surface area contributed by atoms with Crippen LogP contribution < -0.4 is 15.4 Å². The number of urea groups is 1. The van der Waals surface area contributed by atoms with Crippen LogP contribution in [-0.4, -0.2) is 58.3 Å². The Balaban J connectivity index is 1.81. The molecule has 12 heteroatoms. The zero-order chi connectivity index (χ0) is 33.4. The van der Waals surface area contributed by atoms with Gasteiger partial charge in [-0.1, -0.05) is 46.2 Å². The number of amides is 3. The molecule has 9 nitrogen and oxygen atoms in total. The predicted octanol–water partition coefficient (Wildman–Crippen LogP) is 6.70. The van der Waals surface area contributed by atoms with Crippen molar-refractivity contribution in [2.45, 2.75) is 91.1 Å². The number of aliphatic hydroxyl groups is 1. The number of aliphatic hydroxyl groups excluding tert-OH is 1. The van der Waals surface area contributed by atoms with Gasteiger partial charge in [-0.2, -0.15) is 13.2 Å². The van der Waals surface area contributed by atoms with Gasteiger partial charge in [0, 0.05) is 23.8 Å². The Morgan fingerprint density at radius 2 is 1.67 bits per heavy atom. The molecular formula is C33H44F3N3O6. The lowest BCUT2D eigenvalue weighted by atomic mass is 9.71. The van der Waals surface area contributed by atoms with Crippen LogP contribution in [0, 0.1) is 11.3 Å². The molecular weight excluding hydrogens is 591 g/mol. The molecule has 2 aromatic rings. The molecule has 0 radical (unpaired) electrons. The van der Waals surface area contributed by atoms with Gasteiger partial charge in [0.05, 0.1) is 18.7 Å². The number of carboxylic acids is 1. The number of halogens is 3. The number of aliphatic carboxylic acids is 1. The molecule has 1 fully saturated rings. The first-order valence-electron chi connectivity index (χ1n) is 15.3. The van der Waals surface area contributed by atoms with Crippen LogP contribution in [0.2, 0.25) is 0 Å². The number of rotatable bonds is 12. The number of carboxylic acid groups (broad SMARTS) is 1. The fourth-order valence-electron chi connectivity index (χ4n) is 5.43. The lowest BCUT2D eigenvalue weighted by Gasteiger charge is -2.41. The molecule has 3 amide bonds. The lowest BCUT2D eigenvalue weighted by molar-refractivity contribution is -0.146. The third-order valence-corrected chi connectivity index (χ3v) is 8.22. The number of hydrogen-bond donors (Lipinski definition) is 4. The number of benzene rings is 2. The number of alkyl halides is 3. The van der Waals surface area contributed by atoms with Gasteiger partial charge in [-0.15, -0.1) is 0 Å². The van der Waals surface area contributed by atoms with E-state index in [-0.39, 0.29) is 41.6 Å². The van der Waals surface area contributed by atoms with Crippen molar-refractivity contribution < 1.29 is 42.5 Å². The van der Waals surface area contributed by atoms with Crippen LogP contribution in [0.3, 0.4) is 0 Å². The highest BCUT2D eigenvalue weighted by atomic mass is 19.4. The number of anilines is 1. The first-order valence-corrected chi connectivity index (χ1v) is 15.3. The standard InChI is InChI=1S/C33H44F3N3O6/c1-5-6-17-45-28-16-13-24(18-26(28)33(34,35)36)38-31(44)39(25-14-11-23(12-15-25)32(2,3)4)20-21-7-9-22(10-8-21)29(41)37-19-27(40)30(42)43/h7-10,13,16,18,23,25,27,40H,5-6,11-12,14-15,17,19-20H2,1-4H3,(H,37,41)(H,38,44)(H,42,43)/t23?,25?,27-/m1/s1. The number of carbonyl (C=O) groups is 3. The zero-order valence-electron chi connectivity index (χ0n) is 26.2. The van der Waals surface area contributed by atoms with Crippen molar-refractivity contribution in [1.29, 1.82) is 0 Å². The zero-order valence-corrected chi connectivity index (χ0v) is 26.2. The molecule has 1 atom stereocenters. The molecule has 0 heterocycles. The van der Waals surface area contributed by atoms with E-state index in [1.165, 1.54) is 24.3 Å². The minimum atomic E-state index is -4.67. The van der Waals surface area contributed by atoms with Crippen molar-refractivity contribution in [1.82, 2.24) is 10.2 Å². The van der Waals surface area contributed by atoms with E-state index in [1.807, 2.05) is 6.92 Å². The second-order valence-corrected chi connectivity index (χ2v) is 12.6. The molecule has 45 heavy (non-hydrogen) atoms. The predicted molar refractivity (Wildman–Crippen MR) is 164 cm³/mol. The second kappa shape index (κ2) is 15.5. The Bertz CT molecular complexity index is 1300. The van der Waals surface area contributed by atoms with E-state index >= 15 is 0 Å². The van der Waals surface area contributed by atoms with E-state index in [0.29, 0.717) is 17.9 Å². The van der Waals surface area contributed by atoms with Gasteiger partial charge in [0.2, 0.25) is 0 Å². The SMILES string of the molecule is CCCCOc1ccc(NC(=O)N(Cc2ccc(C(=O)NC[C@@H](O)C(=O)O)cc2)C2CCC(C(C)(C)C)CC2)cc1C(F)(F)F. The highest BCUT2D eigenvalue weighted by Crippen LogP contribution is 2.40. The third-order valence-electron chi connectivity index (χ3n) is 8.22. The molecule has 0 aromatic heterocycles. The summed E-state index contributed by atoms with van der Waals surface area (Å²) in [4.78, 5) is 38.5. The number of nitrogens with one attached hydrogen (secondary N) is 2. The average Bonchev–Trinajstić information content (AvgIpc) is 2.98. The maximum absolute atomic E-state index is 13.9. The summed E-state index contributed by atoms with van der Waals surface area (Å²) >= 11 is 0. The summed E-state index contributed by atoms with van der Waals surface area (Å²) in [5.74, 6) is -1.83. The summed E-state index contributed by atoms with van der Waals surface area (Å²) in [5, 5.41) is 23.2. The van der Waals surface area contributed by atoms with Crippen molar-refractivity contribution in [2.75, 3.05) is 18.5 Å². The number of carbonyl (C=O) groups excluding carboxylic acids is 2. The quantitative estimate of drug-likeness (QED) is 0.192. The van der Waals surface area contributed by atoms with E-state index < -0.39 is 42.3 Å². The van der Waals surface area contributed by atoms with Crippen LogP contribution in [0.15, 0.2) is 42.5 Å². The lowest BCUT2D eigenvalue weighted by Crippen LogP contribution is -2.45. The summed E-state index contributed by atoms with van der Waals surface area (Å²) in [6.45, 7) is 8.34. The number of nitrogens with zero attached hydrogens (tertiary/aromatic N) is 1. The molecule has 0 saturated heterocycles. The fraction of sp³-hybridized carbons (Fsp3) is 0.545. The molecule has 248 valence electrons. The van der Waals surface area contributed by atoms with E-state index in [2.05, 4.69) is 31.4 Å². The summed E-state index contributed by atoms with van der Waals surface area (Å²) in [5.41, 5.74) is 0.0847. The third kappa shape index (κ3) is 10.4. The van der Waals surface area contributed by atoms with Gasteiger partial charge < -0.3 is 30.5 Å². The van der Waals surface area contributed by atoms with Crippen molar-refractivity contribution >= 4 is 23.6 Å². The highest BCUT2D eigenvalue weighted by molar-refractivity contribution is 5.94. The minimum absolute atomic E-state index is 0.000823. The fourth-order valence-corrected chi connectivity index (χ4v) is 5.43. The van der Waals surface area contributed by atoms with Crippen molar-refractivity contribution in [3.63, 3.8) is 0 Å². The Morgan fingerprint density at radius 3 is 2.22 bits per heavy atom. The van der Waals surface area contributed by atoms with Crippen LogP contribution in [0.4, 0.5) is 23.7 Å². The maximum Gasteiger partial charge on any atom is 0.420 e.